The third-order valence-electron chi connectivity index (χ3n) is 4.29. The van der Waals surface area contributed by atoms with Crippen LogP contribution in [0.15, 0.2) is 22.5 Å². The molecule has 0 aliphatic carbocycles. The third-order valence-corrected chi connectivity index (χ3v) is 5.77. The van der Waals surface area contributed by atoms with E-state index < -0.39 is 0 Å². The van der Waals surface area contributed by atoms with Gasteiger partial charge in [0.05, 0.1) is 4.70 Å². The molecule has 2 aromatic rings. The molecule has 2 aliphatic rings. The highest BCUT2D eigenvalue weighted by Gasteiger charge is 2.39. The molecule has 2 fully saturated rings. The summed E-state index contributed by atoms with van der Waals surface area (Å²) in [7, 11) is 0. The Morgan fingerprint density at radius 1 is 1.50 bits per heavy atom. The molecule has 2 aliphatic heterocycles. The van der Waals surface area contributed by atoms with Gasteiger partial charge in [0.1, 0.15) is 5.69 Å². The van der Waals surface area contributed by atoms with Crippen molar-refractivity contribution in [3.8, 4) is 0 Å². The molecule has 2 aromatic heterocycles. The van der Waals surface area contributed by atoms with Gasteiger partial charge in [-0.25, -0.2) is 4.98 Å². The SMILES string of the molecule is O=C(N[C@@H]1C[C@H]2CC[C@@H]1N2)c1cc2c(S)csc2cn1. The molecule has 0 spiro atoms. The number of pyridine rings is 1. The lowest BCUT2D eigenvalue weighted by molar-refractivity contribution is 0.0926. The van der Waals surface area contributed by atoms with Gasteiger partial charge in [0.2, 0.25) is 0 Å². The molecule has 4 nitrogen and oxygen atoms in total. The number of nitrogens with one attached hydrogen (secondary N) is 2. The minimum absolute atomic E-state index is 0.0785. The molecule has 0 unspecified atom stereocenters. The van der Waals surface area contributed by atoms with E-state index in [1.807, 2.05) is 11.4 Å². The number of fused-ring (bicyclic) bond motifs is 3. The van der Waals surface area contributed by atoms with Gasteiger partial charge >= 0.3 is 0 Å². The number of carbonyl (C=O) groups is 1. The number of aromatic nitrogens is 1. The summed E-state index contributed by atoms with van der Waals surface area (Å²) in [6.45, 7) is 0. The first-order valence-corrected chi connectivity index (χ1v) is 8.16. The summed E-state index contributed by atoms with van der Waals surface area (Å²) in [5, 5.41) is 9.61. The van der Waals surface area contributed by atoms with Gasteiger partial charge in [-0.3, -0.25) is 4.79 Å². The number of thiol groups is 1. The number of amides is 1. The van der Waals surface area contributed by atoms with Gasteiger partial charge in [-0.05, 0) is 25.3 Å². The van der Waals surface area contributed by atoms with Crippen molar-refractivity contribution >= 4 is 40.0 Å². The van der Waals surface area contributed by atoms with Crippen LogP contribution < -0.4 is 10.6 Å². The summed E-state index contributed by atoms with van der Waals surface area (Å²) in [4.78, 5) is 17.5. The predicted octanol–water partition coefficient (Wildman–Crippen LogP) is 2.21. The van der Waals surface area contributed by atoms with Crippen molar-refractivity contribution in [2.24, 2.45) is 0 Å². The van der Waals surface area contributed by atoms with Crippen LogP contribution in [0, 0.1) is 0 Å². The van der Waals surface area contributed by atoms with Gasteiger partial charge in [0.25, 0.3) is 5.91 Å². The molecule has 4 heterocycles. The van der Waals surface area contributed by atoms with Gasteiger partial charge in [0.15, 0.2) is 0 Å². The average Bonchev–Trinajstić information content (AvgIpc) is 3.15. The first-order chi connectivity index (χ1) is 9.70. The largest absolute Gasteiger partial charge is 0.346 e. The molecule has 1 amide bonds. The fraction of sp³-hybridized carbons (Fsp3) is 0.429. The van der Waals surface area contributed by atoms with Crippen molar-refractivity contribution in [3.05, 3.63) is 23.3 Å². The first-order valence-electron chi connectivity index (χ1n) is 6.84. The Morgan fingerprint density at radius 3 is 3.15 bits per heavy atom. The summed E-state index contributed by atoms with van der Waals surface area (Å²) in [5.74, 6) is -0.0785. The van der Waals surface area contributed by atoms with Gasteiger partial charge < -0.3 is 10.6 Å². The van der Waals surface area contributed by atoms with E-state index in [1.54, 1.807) is 17.5 Å². The van der Waals surface area contributed by atoms with Gasteiger partial charge in [-0.15, -0.1) is 24.0 Å². The molecule has 6 heteroatoms. The second kappa shape index (κ2) is 4.72. The number of hydrogen-bond donors (Lipinski definition) is 3. The molecule has 2 N–H and O–H groups in total. The van der Waals surface area contributed by atoms with E-state index in [0.29, 0.717) is 17.8 Å². The normalized spacial score (nSPS) is 28.1. The van der Waals surface area contributed by atoms with Crippen molar-refractivity contribution in [3.63, 3.8) is 0 Å². The number of nitrogens with zero attached hydrogens (tertiary/aromatic N) is 1. The zero-order valence-electron chi connectivity index (χ0n) is 10.8. The standard InChI is InChI=1S/C14H15N3OS2/c18-14(17-10-3-7-1-2-9(10)16-7)11-4-8-12(19)6-20-13(8)5-15-11/h4-7,9-10,16,19H,1-3H2,(H,17,18)/t7-,9+,10-/m1/s1. The molecule has 2 saturated heterocycles. The second-order valence-electron chi connectivity index (χ2n) is 5.55. The maximum atomic E-state index is 12.3. The highest BCUT2D eigenvalue weighted by atomic mass is 32.1. The molecule has 0 saturated carbocycles. The maximum absolute atomic E-state index is 12.3. The number of hydrogen-bond acceptors (Lipinski definition) is 5. The molecule has 4 rings (SSSR count). The van der Waals surface area contributed by atoms with E-state index >= 15 is 0 Å². The Hall–Kier alpha value is -1.11. The first kappa shape index (κ1) is 12.6. The van der Waals surface area contributed by atoms with Crippen molar-refractivity contribution in [2.75, 3.05) is 0 Å². The van der Waals surface area contributed by atoms with E-state index in [-0.39, 0.29) is 11.9 Å². The number of carbonyl (C=O) groups excluding carboxylic acids is 1. The lowest BCUT2D eigenvalue weighted by atomic mass is 9.95. The topological polar surface area (TPSA) is 54.0 Å². The van der Waals surface area contributed by atoms with E-state index in [0.717, 1.165) is 27.8 Å². The van der Waals surface area contributed by atoms with E-state index in [2.05, 4.69) is 28.2 Å². The maximum Gasteiger partial charge on any atom is 0.270 e. The summed E-state index contributed by atoms with van der Waals surface area (Å²) < 4.78 is 1.06. The molecule has 104 valence electrons. The Bertz CT molecular complexity index is 684. The summed E-state index contributed by atoms with van der Waals surface area (Å²) in [6.07, 6.45) is 5.19. The molecule has 2 bridgehead atoms. The average molecular weight is 305 g/mol. The quantitative estimate of drug-likeness (QED) is 0.746. The molecular weight excluding hydrogens is 290 g/mol. The molecule has 0 radical (unpaired) electrons. The van der Waals surface area contributed by atoms with Crippen LogP contribution in [-0.4, -0.2) is 29.0 Å². The van der Waals surface area contributed by atoms with E-state index in [9.17, 15) is 4.79 Å². The van der Waals surface area contributed by atoms with Crippen LogP contribution in [0.2, 0.25) is 0 Å². The highest BCUT2D eigenvalue weighted by molar-refractivity contribution is 7.80. The van der Waals surface area contributed by atoms with Crippen LogP contribution in [0.4, 0.5) is 0 Å². The van der Waals surface area contributed by atoms with Crippen molar-refractivity contribution in [1.29, 1.82) is 0 Å². The van der Waals surface area contributed by atoms with Crippen LogP contribution in [0.3, 0.4) is 0 Å². The Labute approximate surface area is 126 Å². The molecule has 20 heavy (non-hydrogen) atoms. The lowest BCUT2D eigenvalue weighted by Gasteiger charge is -2.21. The fourth-order valence-corrected chi connectivity index (χ4v) is 4.46. The molecular formula is C14H15N3OS2. The smallest absolute Gasteiger partial charge is 0.270 e. The van der Waals surface area contributed by atoms with Crippen molar-refractivity contribution in [2.45, 2.75) is 42.3 Å². The zero-order valence-corrected chi connectivity index (χ0v) is 12.5. The van der Waals surface area contributed by atoms with Crippen LogP contribution in [0.1, 0.15) is 29.8 Å². The summed E-state index contributed by atoms with van der Waals surface area (Å²) >= 11 is 6.01. The Balaban J connectivity index is 1.56. The zero-order chi connectivity index (χ0) is 13.7. The predicted molar refractivity (Wildman–Crippen MR) is 82.7 cm³/mol. The van der Waals surface area contributed by atoms with Crippen LogP contribution in [-0.2, 0) is 0 Å². The number of rotatable bonds is 2. The van der Waals surface area contributed by atoms with Crippen LogP contribution in [0.5, 0.6) is 0 Å². The van der Waals surface area contributed by atoms with Crippen molar-refractivity contribution < 1.29 is 4.79 Å². The Kier molecular flexibility index (Phi) is 2.98. The minimum atomic E-state index is -0.0785. The summed E-state index contributed by atoms with van der Waals surface area (Å²) in [6, 6.07) is 3.11. The molecule has 0 aromatic carbocycles. The molecule has 3 atom stereocenters. The van der Waals surface area contributed by atoms with Crippen molar-refractivity contribution in [1.82, 2.24) is 15.6 Å². The highest BCUT2D eigenvalue weighted by Crippen LogP contribution is 2.30. The fourth-order valence-electron chi connectivity index (χ4n) is 3.27. The Morgan fingerprint density at radius 2 is 2.40 bits per heavy atom. The number of thiophene rings is 1. The minimum Gasteiger partial charge on any atom is -0.346 e. The second-order valence-corrected chi connectivity index (χ2v) is 6.94. The third kappa shape index (κ3) is 2.03. The van der Waals surface area contributed by atoms with Crippen LogP contribution in [0.25, 0.3) is 10.1 Å². The van der Waals surface area contributed by atoms with E-state index in [4.69, 9.17) is 0 Å². The van der Waals surface area contributed by atoms with Gasteiger partial charge in [0, 0.05) is 40.0 Å². The van der Waals surface area contributed by atoms with Gasteiger partial charge in [-0.1, -0.05) is 0 Å². The monoisotopic (exact) mass is 305 g/mol. The van der Waals surface area contributed by atoms with Crippen LogP contribution >= 0.6 is 24.0 Å². The summed E-state index contributed by atoms with van der Waals surface area (Å²) in [5.41, 5.74) is 0.481. The van der Waals surface area contributed by atoms with Gasteiger partial charge in [-0.2, -0.15) is 0 Å². The van der Waals surface area contributed by atoms with E-state index in [1.165, 1.54) is 6.42 Å². The lowest BCUT2D eigenvalue weighted by Crippen LogP contribution is -2.43.